The number of pyridine rings is 1. The molecule has 0 fully saturated rings. The van der Waals surface area contributed by atoms with E-state index in [0.29, 0.717) is 11.4 Å². The number of carbonyl (C=O) groups excluding carboxylic acids is 1. The molecule has 0 aliphatic carbocycles. The fraction of sp³-hybridized carbons (Fsp3) is 0.455. The lowest BCUT2D eigenvalue weighted by atomic mass is 10.2. The predicted octanol–water partition coefficient (Wildman–Crippen LogP) is 0.624. The van der Waals surface area contributed by atoms with Crippen LogP contribution in [0.15, 0.2) is 18.3 Å². The first kappa shape index (κ1) is 12.4. The number of aromatic nitrogens is 1. The van der Waals surface area contributed by atoms with Crippen molar-refractivity contribution in [3.05, 3.63) is 23.9 Å². The van der Waals surface area contributed by atoms with Gasteiger partial charge in [0, 0.05) is 18.8 Å². The summed E-state index contributed by atoms with van der Waals surface area (Å²) >= 11 is 0. The molecule has 0 aliphatic rings. The Morgan fingerprint density at radius 1 is 1.56 bits per heavy atom. The Morgan fingerprint density at radius 2 is 2.31 bits per heavy atom. The minimum Gasteiger partial charge on any atom is -0.395 e. The van der Waals surface area contributed by atoms with Crippen molar-refractivity contribution in [3.8, 4) is 0 Å². The number of nitrogens with one attached hydrogen (secondary N) is 2. The van der Waals surface area contributed by atoms with Gasteiger partial charge in [0.15, 0.2) is 0 Å². The fourth-order valence-corrected chi connectivity index (χ4v) is 1.24. The maximum absolute atomic E-state index is 11.7. The van der Waals surface area contributed by atoms with Crippen LogP contribution in [0.5, 0.6) is 0 Å². The highest BCUT2D eigenvalue weighted by atomic mass is 16.3. The molecule has 0 aromatic carbocycles. The standard InChI is InChI=1S/C11H17N3O2/c1-8(2)14-10-9(4-3-5-12-10)11(16)13-6-7-15/h3-5,8,15H,6-7H2,1-2H3,(H,12,14)(H,13,16). The number of aliphatic hydroxyl groups excluding tert-OH is 1. The molecule has 0 aliphatic heterocycles. The van der Waals surface area contributed by atoms with Gasteiger partial charge in [-0.05, 0) is 26.0 Å². The average molecular weight is 223 g/mol. The number of rotatable bonds is 5. The van der Waals surface area contributed by atoms with Gasteiger partial charge in [-0.25, -0.2) is 4.98 Å². The zero-order valence-corrected chi connectivity index (χ0v) is 9.53. The molecule has 16 heavy (non-hydrogen) atoms. The highest BCUT2D eigenvalue weighted by Gasteiger charge is 2.11. The van der Waals surface area contributed by atoms with Gasteiger partial charge in [0.25, 0.3) is 5.91 Å². The summed E-state index contributed by atoms with van der Waals surface area (Å²) in [5, 5.41) is 14.3. The zero-order valence-electron chi connectivity index (χ0n) is 9.53. The summed E-state index contributed by atoms with van der Waals surface area (Å²) < 4.78 is 0. The molecule has 3 N–H and O–H groups in total. The number of anilines is 1. The van der Waals surface area contributed by atoms with Gasteiger partial charge in [0.1, 0.15) is 5.82 Å². The van der Waals surface area contributed by atoms with Crippen LogP contribution in [0.2, 0.25) is 0 Å². The monoisotopic (exact) mass is 223 g/mol. The van der Waals surface area contributed by atoms with E-state index < -0.39 is 0 Å². The van der Waals surface area contributed by atoms with Gasteiger partial charge in [0.05, 0.1) is 12.2 Å². The molecule has 1 rings (SSSR count). The van der Waals surface area contributed by atoms with E-state index in [1.54, 1.807) is 18.3 Å². The number of aliphatic hydroxyl groups is 1. The Labute approximate surface area is 94.9 Å². The summed E-state index contributed by atoms with van der Waals surface area (Å²) in [6.07, 6.45) is 1.63. The van der Waals surface area contributed by atoms with Gasteiger partial charge in [-0.15, -0.1) is 0 Å². The number of hydrogen-bond acceptors (Lipinski definition) is 4. The Hall–Kier alpha value is -1.62. The summed E-state index contributed by atoms with van der Waals surface area (Å²) in [5.74, 6) is 0.332. The highest BCUT2D eigenvalue weighted by molar-refractivity contribution is 5.98. The van der Waals surface area contributed by atoms with Crippen LogP contribution in [0.25, 0.3) is 0 Å². The molecule has 1 aromatic rings. The molecule has 1 amide bonds. The lowest BCUT2D eigenvalue weighted by Gasteiger charge is -2.12. The summed E-state index contributed by atoms with van der Waals surface area (Å²) in [7, 11) is 0. The van der Waals surface area contributed by atoms with Crippen LogP contribution in [0.3, 0.4) is 0 Å². The molecule has 5 heteroatoms. The largest absolute Gasteiger partial charge is 0.395 e. The van der Waals surface area contributed by atoms with Gasteiger partial charge in [-0.2, -0.15) is 0 Å². The Morgan fingerprint density at radius 3 is 2.94 bits per heavy atom. The molecule has 0 saturated carbocycles. The van der Waals surface area contributed by atoms with Crippen molar-refractivity contribution in [2.45, 2.75) is 19.9 Å². The fourth-order valence-electron chi connectivity index (χ4n) is 1.24. The Balaban J connectivity index is 2.81. The number of nitrogens with zero attached hydrogens (tertiary/aromatic N) is 1. The number of hydrogen-bond donors (Lipinski definition) is 3. The van der Waals surface area contributed by atoms with Crippen LogP contribution >= 0.6 is 0 Å². The second kappa shape index (κ2) is 6.07. The van der Waals surface area contributed by atoms with E-state index in [1.807, 2.05) is 13.8 Å². The Kier molecular flexibility index (Phi) is 4.72. The molecule has 0 bridgehead atoms. The van der Waals surface area contributed by atoms with E-state index in [2.05, 4.69) is 15.6 Å². The van der Waals surface area contributed by atoms with Crippen molar-refractivity contribution < 1.29 is 9.90 Å². The molecule has 0 radical (unpaired) electrons. The van der Waals surface area contributed by atoms with Crippen molar-refractivity contribution in [2.24, 2.45) is 0 Å². The first-order valence-corrected chi connectivity index (χ1v) is 5.25. The van der Waals surface area contributed by atoms with Crippen LogP contribution < -0.4 is 10.6 Å². The van der Waals surface area contributed by atoms with Crippen molar-refractivity contribution >= 4 is 11.7 Å². The molecule has 0 spiro atoms. The normalized spacial score (nSPS) is 10.2. The molecule has 0 atom stereocenters. The molecule has 5 nitrogen and oxygen atoms in total. The molecule has 88 valence electrons. The van der Waals surface area contributed by atoms with E-state index in [9.17, 15) is 4.79 Å². The summed E-state index contributed by atoms with van der Waals surface area (Å²) in [4.78, 5) is 15.8. The van der Waals surface area contributed by atoms with Gasteiger partial charge >= 0.3 is 0 Å². The smallest absolute Gasteiger partial charge is 0.255 e. The van der Waals surface area contributed by atoms with Crippen molar-refractivity contribution in [3.63, 3.8) is 0 Å². The molecular formula is C11H17N3O2. The maximum atomic E-state index is 11.7. The lowest BCUT2D eigenvalue weighted by molar-refractivity contribution is 0.0945. The van der Waals surface area contributed by atoms with Crippen LogP contribution in [0.4, 0.5) is 5.82 Å². The maximum Gasteiger partial charge on any atom is 0.255 e. The molecule has 1 aromatic heterocycles. The van der Waals surface area contributed by atoms with E-state index in [0.717, 1.165) is 0 Å². The quantitative estimate of drug-likeness (QED) is 0.684. The van der Waals surface area contributed by atoms with E-state index in [4.69, 9.17) is 5.11 Å². The highest BCUT2D eigenvalue weighted by Crippen LogP contribution is 2.12. The second-order valence-electron chi connectivity index (χ2n) is 3.68. The van der Waals surface area contributed by atoms with E-state index in [-0.39, 0.29) is 25.1 Å². The minimum absolute atomic E-state index is 0.0705. The van der Waals surface area contributed by atoms with Crippen molar-refractivity contribution in [1.82, 2.24) is 10.3 Å². The Bertz CT molecular complexity index is 353. The molecular weight excluding hydrogens is 206 g/mol. The second-order valence-corrected chi connectivity index (χ2v) is 3.68. The predicted molar refractivity (Wildman–Crippen MR) is 62.4 cm³/mol. The van der Waals surface area contributed by atoms with Gasteiger partial charge in [-0.3, -0.25) is 4.79 Å². The molecule has 0 unspecified atom stereocenters. The summed E-state index contributed by atoms with van der Waals surface area (Å²) in [6.45, 7) is 4.13. The third-order valence-corrected chi connectivity index (χ3v) is 1.88. The van der Waals surface area contributed by atoms with Gasteiger partial charge in [0.2, 0.25) is 0 Å². The van der Waals surface area contributed by atoms with Crippen LogP contribution in [0, 0.1) is 0 Å². The summed E-state index contributed by atoms with van der Waals surface area (Å²) in [5.41, 5.74) is 0.490. The average Bonchev–Trinajstić information content (AvgIpc) is 2.26. The van der Waals surface area contributed by atoms with Gasteiger partial charge < -0.3 is 15.7 Å². The topological polar surface area (TPSA) is 74.2 Å². The van der Waals surface area contributed by atoms with Crippen molar-refractivity contribution in [1.29, 1.82) is 0 Å². The van der Waals surface area contributed by atoms with E-state index >= 15 is 0 Å². The SMILES string of the molecule is CC(C)Nc1ncccc1C(=O)NCCO. The van der Waals surface area contributed by atoms with Gasteiger partial charge in [-0.1, -0.05) is 0 Å². The first-order chi connectivity index (χ1) is 7.65. The zero-order chi connectivity index (χ0) is 12.0. The lowest BCUT2D eigenvalue weighted by Crippen LogP contribution is -2.28. The van der Waals surface area contributed by atoms with Crippen LogP contribution in [-0.2, 0) is 0 Å². The third-order valence-electron chi connectivity index (χ3n) is 1.88. The van der Waals surface area contributed by atoms with Crippen LogP contribution in [0.1, 0.15) is 24.2 Å². The number of amides is 1. The number of carbonyl (C=O) groups is 1. The van der Waals surface area contributed by atoms with Crippen molar-refractivity contribution in [2.75, 3.05) is 18.5 Å². The van der Waals surface area contributed by atoms with E-state index in [1.165, 1.54) is 0 Å². The third kappa shape index (κ3) is 3.51. The summed E-state index contributed by atoms with van der Waals surface area (Å²) in [6, 6.07) is 3.61. The molecule has 0 saturated heterocycles. The first-order valence-electron chi connectivity index (χ1n) is 5.25. The molecule has 1 heterocycles. The van der Waals surface area contributed by atoms with Crippen LogP contribution in [-0.4, -0.2) is 35.2 Å². The minimum atomic E-state index is -0.231.